The molecule has 3 rings (SSSR count). The van der Waals surface area contributed by atoms with Gasteiger partial charge in [0, 0.05) is 17.8 Å². The van der Waals surface area contributed by atoms with Crippen LogP contribution in [0.5, 0.6) is 0 Å². The molecule has 0 bridgehead atoms. The lowest BCUT2D eigenvalue weighted by atomic mass is 10.2. The van der Waals surface area contributed by atoms with Crippen LogP contribution in [0, 0.1) is 17.0 Å². The summed E-state index contributed by atoms with van der Waals surface area (Å²) in [5.74, 6) is -1.25. The lowest BCUT2D eigenvalue weighted by Crippen LogP contribution is -2.31. The van der Waals surface area contributed by atoms with E-state index in [2.05, 4.69) is 15.7 Å². The normalized spacial score (nSPS) is 10.3. The Labute approximate surface area is 170 Å². The number of nitrogens with one attached hydrogen (secondary N) is 2. The molecular formula is C20H17N5O5. The summed E-state index contributed by atoms with van der Waals surface area (Å²) in [7, 11) is 0. The molecule has 0 saturated carbocycles. The van der Waals surface area contributed by atoms with Crippen LogP contribution in [0.4, 0.5) is 17.1 Å². The summed E-state index contributed by atoms with van der Waals surface area (Å²) in [6.07, 6.45) is 0. The van der Waals surface area contributed by atoms with E-state index in [4.69, 9.17) is 0 Å². The second kappa shape index (κ2) is 8.78. The number of aryl methyl sites for hydroxylation is 1. The Balaban J connectivity index is 1.74. The van der Waals surface area contributed by atoms with Crippen LogP contribution < -0.4 is 16.2 Å². The quantitative estimate of drug-likeness (QED) is 0.475. The summed E-state index contributed by atoms with van der Waals surface area (Å²) in [4.78, 5) is 47.1. The number of amides is 2. The number of hydrogen-bond acceptors (Lipinski definition) is 6. The molecule has 0 unspecified atom stereocenters. The highest BCUT2D eigenvalue weighted by molar-refractivity contribution is 6.02. The van der Waals surface area contributed by atoms with Crippen molar-refractivity contribution in [1.82, 2.24) is 9.78 Å². The number of nitro groups is 1. The van der Waals surface area contributed by atoms with Crippen LogP contribution >= 0.6 is 0 Å². The van der Waals surface area contributed by atoms with Crippen LogP contribution in [0.15, 0.2) is 65.5 Å². The second-order valence-electron chi connectivity index (χ2n) is 6.36. The van der Waals surface area contributed by atoms with Gasteiger partial charge in [-0.05, 0) is 31.2 Å². The average Bonchev–Trinajstić information content (AvgIpc) is 2.71. The first-order chi connectivity index (χ1) is 14.3. The van der Waals surface area contributed by atoms with Crippen LogP contribution in [-0.4, -0.2) is 26.5 Å². The topological polar surface area (TPSA) is 136 Å². The minimum absolute atomic E-state index is 0.00572. The number of carbonyl (C=O) groups is 2. The zero-order valence-corrected chi connectivity index (χ0v) is 15.9. The molecule has 10 heteroatoms. The zero-order chi connectivity index (χ0) is 21.7. The first-order valence-electron chi connectivity index (χ1n) is 8.83. The lowest BCUT2D eigenvalue weighted by molar-refractivity contribution is -0.383. The summed E-state index contributed by atoms with van der Waals surface area (Å²) in [5, 5.41) is 20.0. The van der Waals surface area contributed by atoms with Gasteiger partial charge in [-0.3, -0.25) is 24.5 Å². The molecule has 1 aromatic heterocycles. The molecule has 152 valence electrons. The van der Waals surface area contributed by atoms with Crippen molar-refractivity contribution in [3.8, 4) is 0 Å². The number of rotatable bonds is 6. The highest BCUT2D eigenvalue weighted by Crippen LogP contribution is 2.22. The van der Waals surface area contributed by atoms with Crippen molar-refractivity contribution < 1.29 is 14.5 Å². The van der Waals surface area contributed by atoms with Gasteiger partial charge in [-0.1, -0.05) is 29.8 Å². The Kier molecular flexibility index (Phi) is 5.97. The Morgan fingerprint density at radius 1 is 1.03 bits per heavy atom. The predicted molar refractivity (Wildman–Crippen MR) is 109 cm³/mol. The van der Waals surface area contributed by atoms with Crippen LogP contribution in [-0.2, 0) is 11.3 Å². The summed E-state index contributed by atoms with van der Waals surface area (Å²) in [6, 6.07) is 15.1. The smallest absolute Gasteiger partial charge is 0.292 e. The Morgan fingerprint density at radius 2 is 1.73 bits per heavy atom. The van der Waals surface area contributed by atoms with E-state index in [1.807, 2.05) is 19.1 Å². The van der Waals surface area contributed by atoms with E-state index in [9.17, 15) is 24.5 Å². The summed E-state index contributed by atoms with van der Waals surface area (Å²) in [5.41, 5.74) is 0.642. The Bertz CT molecular complexity index is 1170. The van der Waals surface area contributed by atoms with Crippen molar-refractivity contribution in [2.24, 2.45) is 0 Å². The highest BCUT2D eigenvalue weighted by atomic mass is 16.6. The molecule has 2 aromatic carbocycles. The van der Waals surface area contributed by atoms with E-state index in [1.165, 1.54) is 30.3 Å². The molecule has 10 nitrogen and oxygen atoms in total. The van der Waals surface area contributed by atoms with E-state index in [-0.39, 0.29) is 17.1 Å². The maximum Gasteiger partial charge on any atom is 0.292 e. The van der Waals surface area contributed by atoms with Crippen molar-refractivity contribution in [1.29, 1.82) is 0 Å². The lowest BCUT2D eigenvalue weighted by Gasteiger charge is -2.09. The molecule has 0 aliphatic heterocycles. The molecule has 2 N–H and O–H groups in total. The Morgan fingerprint density at radius 3 is 2.43 bits per heavy atom. The largest absolute Gasteiger partial charge is 0.321 e. The summed E-state index contributed by atoms with van der Waals surface area (Å²) < 4.78 is 0.814. The van der Waals surface area contributed by atoms with Gasteiger partial charge < -0.3 is 10.6 Å². The highest BCUT2D eigenvalue weighted by Gasteiger charge is 2.16. The van der Waals surface area contributed by atoms with Gasteiger partial charge in [-0.15, -0.1) is 0 Å². The average molecular weight is 407 g/mol. The minimum atomic E-state index is -0.699. The summed E-state index contributed by atoms with van der Waals surface area (Å²) >= 11 is 0. The number of nitro benzene ring substituents is 1. The van der Waals surface area contributed by atoms with Gasteiger partial charge in [0.05, 0.1) is 4.92 Å². The van der Waals surface area contributed by atoms with E-state index in [0.717, 1.165) is 16.3 Å². The third-order valence-corrected chi connectivity index (χ3v) is 4.08. The third-order valence-electron chi connectivity index (χ3n) is 4.08. The van der Waals surface area contributed by atoms with Gasteiger partial charge in [0.15, 0.2) is 0 Å². The number of anilines is 2. The van der Waals surface area contributed by atoms with E-state index in [0.29, 0.717) is 5.69 Å². The van der Waals surface area contributed by atoms with Crippen molar-refractivity contribution in [2.45, 2.75) is 13.5 Å². The van der Waals surface area contributed by atoms with Gasteiger partial charge in [0.25, 0.3) is 17.2 Å². The molecule has 0 radical (unpaired) electrons. The monoisotopic (exact) mass is 407 g/mol. The van der Waals surface area contributed by atoms with Crippen molar-refractivity contribution in [3.05, 3.63) is 92.4 Å². The molecule has 0 saturated heterocycles. The van der Waals surface area contributed by atoms with Crippen molar-refractivity contribution >= 4 is 28.9 Å². The van der Waals surface area contributed by atoms with Gasteiger partial charge in [0.2, 0.25) is 5.91 Å². The molecule has 3 aromatic rings. The van der Waals surface area contributed by atoms with Crippen molar-refractivity contribution in [3.63, 3.8) is 0 Å². The molecule has 0 spiro atoms. The van der Waals surface area contributed by atoms with E-state index >= 15 is 0 Å². The zero-order valence-electron chi connectivity index (χ0n) is 15.9. The molecule has 2 amide bonds. The van der Waals surface area contributed by atoms with Crippen LogP contribution in [0.25, 0.3) is 0 Å². The van der Waals surface area contributed by atoms with Crippen molar-refractivity contribution in [2.75, 3.05) is 10.6 Å². The first kappa shape index (κ1) is 20.4. The van der Waals surface area contributed by atoms with Gasteiger partial charge in [0.1, 0.15) is 17.9 Å². The fourth-order valence-electron chi connectivity index (χ4n) is 2.58. The SMILES string of the molecule is Cc1ccc(NC(=O)c2ccc(=O)n(CC(=O)Nc3ccccc3[N+](=O)[O-])n2)cc1. The molecule has 30 heavy (non-hydrogen) atoms. The number of nitrogens with zero attached hydrogens (tertiary/aromatic N) is 3. The minimum Gasteiger partial charge on any atom is -0.321 e. The van der Waals surface area contributed by atoms with Crippen LogP contribution in [0.1, 0.15) is 16.1 Å². The van der Waals surface area contributed by atoms with E-state index in [1.54, 1.807) is 12.1 Å². The fourth-order valence-corrected chi connectivity index (χ4v) is 2.58. The number of para-hydroxylation sites is 2. The molecule has 1 heterocycles. The Hall–Kier alpha value is -4.34. The third kappa shape index (κ3) is 4.93. The van der Waals surface area contributed by atoms with Gasteiger partial charge >= 0.3 is 0 Å². The predicted octanol–water partition coefficient (Wildman–Crippen LogP) is 2.35. The maximum absolute atomic E-state index is 12.4. The van der Waals surface area contributed by atoms with Gasteiger partial charge in [-0.2, -0.15) is 5.10 Å². The van der Waals surface area contributed by atoms with Crippen LogP contribution in [0.3, 0.4) is 0 Å². The number of aromatic nitrogens is 2. The molecule has 0 aliphatic carbocycles. The van der Waals surface area contributed by atoms with Gasteiger partial charge in [-0.25, -0.2) is 4.68 Å². The molecule has 0 aliphatic rings. The first-order valence-corrected chi connectivity index (χ1v) is 8.83. The van der Waals surface area contributed by atoms with E-state index < -0.39 is 28.8 Å². The summed E-state index contributed by atoms with van der Waals surface area (Å²) in [6.45, 7) is 1.40. The standard InChI is InChI=1S/C20H17N5O5/c1-13-6-8-14(9-7-13)21-20(28)16-10-11-19(27)24(23-16)12-18(26)22-15-4-2-3-5-17(15)25(29)30/h2-11H,12H2,1H3,(H,21,28)(H,22,26). The number of carbonyl (C=O) groups excluding carboxylic acids is 2. The molecule has 0 atom stereocenters. The molecular weight excluding hydrogens is 390 g/mol. The second-order valence-corrected chi connectivity index (χ2v) is 6.36. The fraction of sp³-hybridized carbons (Fsp3) is 0.100. The number of hydrogen-bond donors (Lipinski definition) is 2. The number of benzene rings is 2. The van der Waals surface area contributed by atoms with Crippen LogP contribution in [0.2, 0.25) is 0 Å². The maximum atomic E-state index is 12.4. The molecule has 0 fully saturated rings.